The zero-order valence-electron chi connectivity index (χ0n) is 15.3. The summed E-state index contributed by atoms with van der Waals surface area (Å²) < 4.78 is 11.3. The van der Waals surface area contributed by atoms with Crippen molar-refractivity contribution in [3.05, 3.63) is 72.3 Å². The molecule has 1 atom stereocenters. The maximum atomic E-state index is 5.70. The topological polar surface area (TPSA) is 30.5 Å². The molecule has 0 fully saturated rings. The first-order valence-corrected chi connectivity index (χ1v) is 8.99. The average Bonchev–Trinajstić information content (AvgIpc) is 2.65. The highest BCUT2D eigenvalue weighted by molar-refractivity contribution is 5.43. The summed E-state index contributed by atoms with van der Waals surface area (Å²) >= 11 is 0. The molecule has 0 heterocycles. The van der Waals surface area contributed by atoms with Crippen molar-refractivity contribution in [3.8, 4) is 11.5 Å². The fourth-order valence-corrected chi connectivity index (χ4v) is 2.62. The Bertz CT molecular complexity index is 640. The molecular formula is C22H29NO2. The Morgan fingerprint density at radius 3 is 2.56 bits per heavy atom. The minimum Gasteiger partial charge on any atom is -0.490 e. The monoisotopic (exact) mass is 339 g/mol. The summed E-state index contributed by atoms with van der Waals surface area (Å²) in [5, 5.41) is 3.59. The Balaban J connectivity index is 1.86. The molecule has 0 radical (unpaired) electrons. The van der Waals surface area contributed by atoms with Crippen molar-refractivity contribution in [2.24, 2.45) is 0 Å². The number of aryl methyl sites for hydroxylation is 1. The quantitative estimate of drug-likeness (QED) is 0.599. The van der Waals surface area contributed by atoms with Gasteiger partial charge in [0.1, 0.15) is 6.61 Å². The van der Waals surface area contributed by atoms with E-state index >= 15 is 0 Å². The second-order valence-corrected chi connectivity index (χ2v) is 6.12. The molecule has 0 aliphatic rings. The van der Waals surface area contributed by atoms with Gasteiger partial charge in [-0.2, -0.15) is 0 Å². The van der Waals surface area contributed by atoms with Crippen LogP contribution in [0.4, 0.5) is 0 Å². The fraction of sp³-hybridized carbons (Fsp3) is 0.364. The highest BCUT2D eigenvalue weighted by Crippen LogP contribution is 2.28. The maximum Gasteiger partial charge on any atom is 0.161 e. The molecule has 0 aliphatic carbocycles. The normalized spacial score (nSPS) is 11.8. The first kappa shape index (κ1) is 19.1. The summed E-state index contributed by atoms with van der Waals surface area (Å²) in [6.45, 7) is 9.81. The van der Waals surface area contributed by atoms with Crippen molar-refractivity contribution in [1.29, 1.82) is 0 Å². The molecule has 1 N–H and O–H groups in total. The molecule has 25 heavy (non-hydrogen) atoms. The van der Waals surface area contributed by atoms with E-state index in [0.717, 1.165) is 30.9 Å². The van der Waals surface area contributed by atoms with Gasteiger partial charge in [-0.15, -0.1) is 0 Å². The number of rotatable bonds is 11. The number of benzene rings is 2. The third-order valence-electron chi connectivity index (χ3n) is 4.03. The van der Waals surface area contributed by atoms with Gasteiger partial charge in [0.2, 0.25) is 0 Å². The van der Waals surface area contributed by atoms with E-state index in [0.29, 0.717) is 19.3 Å². The lowest BCUT2D eigenvalue weighted by Crippen LogP contribution is -2.26. The number of hydrogen-bond donors (Lipinski definition) is 1. The predicted molar refractivity (Wildman–Crippen MR) is 104 cm³/mol. The minimum atomic E-state index is 0.451. The highest BCUT2D eigenvalue weighted by atomic mass is 16.5. The smallest absolute Gasteiger partial charge is 0.161 e. The standard InChI is InChI=1S/C22H29NO2/c1-4-15-25-21-14-13-20(16-22(21)24-5-2)17-23-18(3)11-12-19-9-7-6-8-10-19/h4,6-10,13-14,16,18,23H,1,5,11-12,15,17H2,2-3H3/t18-/m0/s1. The average molecular weight is 339 g/mol. The predicted octanol–water partition coefficient (Wildman–Crippen LogP) is 4.76. The first-order chi connectivity index (χ1) is 12.2. The molecule has 134 valence electrons. The van der Waals surface area contributed by atoms with Gasteiger partial charge in [-0.25, -0.2) is 0 Å². The third-order valence-corrected chi connectivity index (χ3v) is 4.03. The maximum absolute atomic E-state index is 5.70. The minimum absolute atomic E-state index is 0.451. The summed E-state index contributed by atoms with van der Waals surface area (Å²) in [6, 6.07) is 17.2. The van der Waals surface area contributed by atoms with Gasteiger partial charge in [0.25, 0.3) is 0 Å². The van der Waals surface area contributed by atoms with Crippen molar-refractivity contribution >= 4 is 0 Å². The van der Waals surface area contributed by atoms with Crippen molar-refractivity contribution in [2.45, 2.75) is 39.3 Å². The molecule has 0 saturated carbocycles. The van der Waals surface area contributed by atoms with Crippen LogP contribution < -0.4 is 14.8 Å². The Kier molecular flexibility index (Phi) is 8.06. The van der Waals surface area contributed by atoms with Crippen LogP contribution in [0.15, 0.2) is 61.2 Å². The number of nitrogens with one attached hydrogen (secondary N) is 1. The van der Waals surface area contributed by atoms with E-state index in [1.807, 2.05) is 13.0 Å². The Morgan fingerprint density at radius 1 is 1.04 bits per heavy atom. The van der Waals surface area contributed by atoms with Crippen LogP contribution in [0.3, 0.4) is 0 Å². The molecule has 0 amide bonds. The van der Waals surface area contributed by atoms with E-state index in [1.54, 1.807) is 6.08 Å². The van der Waals surface area contributed by atoms with Crippen LogP contribution in [0.1, 0.15) is 31.4 Å². The summed E-state index contributed by atoms with van der Waals surface area (Å²) in [7, 11) is 0. The lowest BCUT2D eigenvalue weighted by atomic mass is 10.1. The van der Waals surface area contributed by atoms with Gasteiger partial charge in [0.15, 0.2) is 11.5 Å². The molecule has 0 aliphatic heterocycles. The molecule has 0 spiro atoms. The van der Waals surface area contributed by atoms with Crippen molar-refractivity contribution < 1.29 is 9.47 Å². The van der Waals surface area contributed by atoms with E-state index in [4.69, 9.17) is 9.47 Å². The molecule has 0 aromatic heterocycles. The zero-order valence-corrected chi connectivity index (χ0v) is 15.3. The third kappa shape index (κ3) is 6.63. The second-order valence-electron chi connectivity index (χ2n) is 6.12. The first-order valence-electron chi connectivity index (χ1n) is 8.99. The molecule has 0 bridgehead atoms. The molecule has 2 aromatic rings. The molecule has 0 unspecified atom stereocenters. The van der Waals surface area contributed by atoms with Gasteiger partial charge in [-0.1, -0.05) is 49.1 Å². The van der Waals surface area contributed by atoms with Crippen molar-refractivity contribution in [3.63, 3.8) is 0 Å². The SMILES string of the molecule is C=CCOc1ccc(CN[C@@H](C)CCc2ccccc2)cc1OCC. The Labute approximate surface area is 151 Å². The second kappa shape index (κ2) is 10.6. The lowest BCUT2D eigenvalue weighted by Gasteiger charge is -2.16. The van der Waals surface area contributed by atoms with Crippen LogP contribution in [-0.2, 0) is 13.0 Å². The van der Waals surface area contributed by atoms with Crippen molar-refractivity contribution in [1.82, 2.24) is 5.32 Å². The van der Waals surface area contributed by atoms with E-state index in [-0.39, 0.29) is 0 Å². The highest BCUT2D eigenvalue weighted by Gasteiger charge is 2.08. The lowest BCUT2D eigenvalue weighted by molar-refractivity contribution is 0.296. The summed E-state index contributed by atoms with van der Waals surface area (Å²) in [5.74, 6) is 1.56. The molecular weight excluding hydrogens is 310 g/mol. The van der Waals surface area contributed by atoms with Crippen molar-refractivity contribution in [2.75, 3.05) is 13.2 Å². The van der Waals surface area contributed by atoms with E-state index in [9.17, 15) is 0 Å². The van der Waals surface area contributed by atoms with E-state index in [2.05, 4.69) is 61.3 Å². The van der Waals surface area contributed by atoms with Gasteiger partial charge in [0.05, 0.1) is 6.61 Å². The fourth-order valence-electron chi connectivity index (χ4n) is 2.62. The van der Waals surface area contributed by atoms with Gasteiger partial charge < -0.3 is 14.8 Å². The molecule has 2 aromatic carbocycles. The number of hydrogen-bond acceptors (Lipinski definition) is 3. The molecule has 3 heteroatoms. The Hall–Kier alpha value is -2.26. The molecule has 2 rings (SSSR count). The number of ether oxygens (including phenoxy) is 2. The van der Waals surface area contributed by atoms with Crippen LogP contribution in [-0.4, -0.2) is 19.3 Å². The molecule has 3 nitrogen and oxygen atoms in total. The van der Waals surface area contributed by atoms with Crippen LogP contribution in [0.5, 0.6) is 11.5 Å². The summed E-state index contributed by atoms with van der Waals surface area (Å²) in [6.07, 6.45) is 3.94. The Morgan fingerprint density at radius 2 is 1.84 bits per heavy atom. The summed E-state index contributed by atoms with van der Waals surface area (Å²) in [4.78, 5) is 0. The molecule has 0 saturated heterocycles. The van der Waals surface area contributed by atoms with Crippen LogP contribution in [0.2, 0.25) is 0 Å². The van der Waals surface area contributed by atoms with E-state index < -0.39 is 0 Å². The van der Waals surface area contributed by atoms with Gasteiger partial charge in [-0.3, -0.25) is 0 Å². The van der Waals surface area contributed by atoms with Crippen LogP contribution >= 0.6 is 0 Å². The zero-order chi connectivity index (χ0) is 17.9. The largest absolute Gasteiger partial charge is 0.490 e. The summed E-state index contributed by atoms with van der Waals surface area (Å²) in [5.41, 5.74) is 2.58. The van der Waals surface area contributed by atoms with Gasteiger partial charge in [-0.05, 0) is 49.9 Å². The van der Waals surface area contributed by atoms with E-state index in [1.165, 1.54) is 11.1 Å². The van der Waals surface area contributed by atoms with Crippen LogP contribution in [0, 0.1) is 0 Å². The van der Waals surface area contributed by atoms with Gasteiger partial charge in [0, 0.05) is 12.6 Å². The van der Waals surface area contributed by atoms with Crippen LogP contribution in [0.25, 0.3) is 0 Å². The van der Waals surface area contributed by atoms with Gasteiger partial charge >= 0.3 is 0 Å².